The molecule has 1 saturated heterocycles. The lowest BCUT2D eigenvalue weighted by Gasteiger charge is -2.18. The fraction of sp³-hybridized carbons (Fsp3) is 0.318. The number of sulfonamides is 1. The monoisotopic (exact) mass is 439 g/mol. The van der Waals surface area contributed by atoms with Crippen molar-refractivity contribution in [3.8, 4) is 11.3 Å². The first kappa shape index (κ1) is 21.2. The lowest BCUT2D eigenvalue weighted by Crippen LogP contribution is -2.30. The first-order valence-corrected chi connectivity index (χ1v) is 11.7. The number of nitrogens with zero attached hydrogens (tertiary/aromatic N) is 4. The van der Waals surface area contributed by atoms with E-state index in [1.54, 1.807) is 36.7 Å². The largest absolute Gasteiger partial charge is 0.326 e. The summed E-state index contributed by atoms with van der Waals surface area (Å²) < 4.78 is 29.7. The molecule has 1 aliphatic heterocycles. The lowest BCUT2D eigenvalue weighted by atomic mass is 10.2. The Labute approximate surface area is 181 Å². The number of hydrogen-bond donors (Lipinski definition) is 1. The van der Waals surface area contributed by atoms with Crippen LogP contribution in [0.15, 0.2) is 59.6 Å². The molecule has 1 atom stereocenters. The smallest absolute Gasteiger partial charge is 0.243 e. The quantitative estimate of drug-likeness (QED) is 0.636. The van der Waals surface area contributed by atoms with Crippen molar-refractivity contribution in [1.82, 2.24) is 19.3 Å². The van der Waals surface area contributed by atoms with Gasteiger partial charge in [-0.3, -0.25) is 4.79 Å². The molecule has 0 saturated carbocycles. The summed E-state index contributed by atoms with van der Waals surface area (Å²) in [5.74, 6) is -0.111. The maximum atomic E-state index is 13.2. The molecule has 0 radical (unpaired) electrons. The molecular formula is C22H25N5O3S. The second-order valence-electron chi connectivity index (χ2n) is 7.64. The Bertz CT molecular complexity index is 1190. The van der Waals surface area contributed by atoms with Gasteiger partial charge in [0.2, 0.25) is 15.9 Å². The summed E-state index contributed by atoms with van der Waals surface area (Å²) in [5, 5.41) is 11.2. The number of aryl methyl sites for hydroxylation is 1. The zero-order valence-corrected chi connectivity index (χ0v) is 18.3. The second-order valence-corrected chi connectivity index (χ2v) is 9.54. The van der Waals surface area contributed by atoms with Crippen LogP contribution in [0.1, 0.15) is 31.4 Å². The van der Waals surface area contributed by atoms with Crippen molar-refractivity contribution in [1.29, 1.82) is 0 Å². The highest BCUT2D eigenvalue weighted by atomic mass is 32.2. The van der Waals surface area contributed by atoms with E-state index in [1.807, 2.05) is 36.5 Å². The van der Waals surface area contributed by atoms with Gasteiger partial charge in [0, 0.05) is 30.8 Å². The number of carbonyl (C=O) groups is 1. The van der Waals surface area contributed by atoms with Gasteiger partial charge in [0.15, 0.2) is 0 Å². The molecule has 31 heavy (non-hydrogen) atoms. The predicted molar refractivity (Wildman–Crippen MR) is 118 cm³/mol. The molecule has 0 aliphatic carbocycles. The van der Waals surface area contributed by atoms with Crippen molar-refractivity contribution in [2.45, 2.75) is 37.6 Å². The van der Waals surface area contributed by atoms with Crippen LogP contribution in [0.5, 0.6) is 0 Å². The SMILES string of the molecule is CCC(=O)Nc1ccc(S(=O)(=O)N2CCC(n3cc(-c4ccccc4)nn3)C2)c(C)c1. The van der Waals surface area contributed by atoms with E-state index in [0.717, 1.165) is 11.3 Å². The van der Waals surface area contributed by atoms with Crippen LogP contribution in [0.3, 0.4) is 0 Å². The van der Waals surface area contributed by atoms with E-state index in [4.69, 9.17) is 0 Å². The molecule has 162 valence electrons. The summed E-state index contributed by atoms with van der Waals surface area (Å²) in [7, 11) is -3.65. The molecule has 1 fully saturated rings. The normalized spacial score (nSPS) is 17.0. The molecule has 8 nitrogen and oxygen atoms in total. The van der Waals surface area contributed by atoms with Crippen molar-refractivity contribution >= 4 is 21.6 Å². The van der Waals surface area contributed by atoms with Crippen LogP contribution in [-0.2, 0) is 14.8 Å². The third-order valence-electron chi connectivity index (χ3n) is 5.48. The van der Waals surface area contributed by atoms with Gasteiger partial charge in [0.25, 0.3) is 0 Å². The van der Waals surface area contributed by atoms with Gasteiger partial charge in [-0.25, -0.2) is 13.1 Å². The number of aromatic nitrogens is 3. The lowest BCUT2D eigenvalue weighted by molar-refractivity contribution is -0.115. The van der Waals surface area contributed by atoms with Crippen molar-refractivity contribution in [3.63, 3.8) is 0 Å². The third-order valence-corrected chi connectivity index (χ3v) is 7.50. The predicted octanol–water partition coefficient (Wildman–Crippen LogP) is 3.24. The molecule has 9 heteroatoms. The van der Waals surface area contributed by atoms with Gasteiger partial charge in [-0.15, -0.1) is 5.10 Å². The van der Waals surface area contributed by atoms with Gasteiger partial charge in [-0.05, 0) is 37.1 Å². The van der Waals surface area contributed by atoms with E-state index in [0.29, 0.717) is 37.2 Å². The van der Waals surface area contributed by atoms with Crippen LogP contribution >= 0.6 is 0 Å². The van der Waals surface area contributed by atoms with E-state index >= 15 is 0 Å². The number of nitrogens with one attached hydrogen (secondary N) is 1. The molecule has 3 aromatic rings. The first-order chi connectivity index (χ1) is 14.9. The van der Waals surface area contributed by atoms with Crippen molar-refractivity contribution in [3.05, 3.63) is 60.3 Å². The van der Waals surface area contributed by atoms with Gasteiger partial charge in [0.1, 0.15) is 5.69 Å². The van der Waals surface area contributed by atoms with Crippen LogP contribution in [0, 0.1) is 6.92 Å². The fourth-order valence-corrected chi connectivity index (χ4v) is 5.44. The van der Waals surface area contributed by atoms with Crippen molar-refractivity contribution in [2.75, 3.05) is 18.4 Å². The molecule has 2 aromatic carbocycles. The average molecular weight is 440 g/mol. The van der Waals surface area contributed by atoms with E-state index in [2.05, 4.69) is 15.6 Å². The molecule has 1 N–H and O–H groups in total. The van der Waals surface area contributed by atoms with Crippen LogP contribution in [-0.4, -0.2) is 46.7 Å². The van der Waals surface area contributed by atoms with Crippen LogP contribution < -0.4 is 5.32 Å². The number of benzene rings is 2. The maximum Gasteiger partial charge on any atom is 0.243 e. The van der Waals surface area contributed by atoms with Crippen LogP contribution in [0.4, 0.5) is 5.69 Å². The second kappa shape index (κ2) is 8.60. The van der Waals surface area contributed by atoms with Gasteiger partial charge in [0.05, 0.1) is 17.1 Å². The molecule has 1 amide bonds. The Balaban J connectivity index is 1.50. The Morgan fingerprint density at radius 1 is 1.19 bits per heavy atom. The van der Waals surface area contributed by atoms with Crippen LogP contribution in [0.25, 0.3) is 11.3 Å². The Morgan fingerprint density at radius 2 is 1.97 bits per heavy atom. The van der Waals surface area contributed by atoms with Crippen molar-refractivity contribution < 1.29 is 13.2 Å². The zero-order chi connectivity index (χ0) is 22.0. The maximum absolute atomic E-state index is 13.2. The summed E-state index contributed by atoms with van der Waals surface area (Å²) in [6, 6.07) is 14.6. The van der Waals surface area contributed by atoms with E-state index < -0.39 is 10.0 Å². The third kappa shape index (κ3) is 4.38. The summed E-state index contributed by atoms with van der Waals surface area (Å²) in [4.78, 5) is 11.9. The topological polar surface area (TPSA) is 97.2 Å². The molecule has 4 rings (SSSR count). The highest BCUT2D eigenvalue weighted by molar-refractivity contribution is 7.89. The summed E-state index contributed by atoms with van der Waals surface area (Å²) >= 11 is 0. The number of hydrogen-bond acceptors (Lipinski definition) is 5. The number of rotatable bonds is 6. The van der Waals surface area contributed by atoms with Gasteiger partial charge in [-0.1, -0.05) is 42.5 Å². The first-order valence-electron chi connectivity index (χ1n) is 10.3. The van der Waals surface area contributed by atoms with Crippen molar-refractivity contribution in [2.24, 2.45) is 0 Å². The fourth-order valence-electron chi connectivity index (χ4n) is 3.75. The van der Waals surface area contributed by atoms with E-state index in [1.165, 1.54) is 4.31 Å². The minimum Gasteiger partial charge on any atom is -0.326 e. The summed E-state index contributed by atoms with van der Waals surface area (Å²) in [6.45, 7) is 4.27. The Kier molecular flexibility index (Phi) is 5.88. The Hall–Kier alpha value is -3.04. The summed E-state index contributed by atoms with van der Waals surface area (Å²) in [6.07, 6.45) is 2.90. The van der Waals surface area contributed by atoms with Gasteiger partial charge < -0.3 is 5.32 Å². The minimum atomic E-state index is -3.65. The van der Waals surface area contributed by atoms with E-state index in [9.17, 15) is 13.2 Å². The molecular weight excluding hydrogens is 414 g/mol. The zero-order valence-electron chi connectivity index (χ0n) is 17.5. The minimum absolute atomic E-state index is 0.0665. The number of anilines is 1. The van der Waals surface area contributed by atoms with Crippen LogP contribution in [0.2, 0.25) is 0 Å². The molecule has 0 bridgehead atoms. The van der Waals surface area contributed by atoms with Gasteiger partial charge >= 0.3 is 0 Å². The highest BCUT2D eigenvalue weighted by Gasteiger charge is 2.34. The summed E-state index contributed by atoms with van der Waals surface area (Å²) in [5.41, 5.74) is 2.94. The van der Waals surface area contributed by atoms with Gasteiger partial charge in [-0.2, -0.15) is 4.31 Å². The molecule has 1 unspecified atom stereocenters. The van der Waals surface area contributed by atoms with E-state index in [-0.39, 0.29) is 16.8 Å². The molecule has 0 spiro atoms. The molecule has 2 heterocycles. The average Bonchev–Trinajstić information content (AvgIpc) is 3.44. The number of amides is 1. The number of carbonyl (C=O) groups excluding carboxylic acids is 1. The Morgan fingerprint density at radius 3 is 2.68 bits per heavy atom. The standard InChI is InChI=1S/C22H25N5O3S/c1-3-22(28)23-18-9-10-21(16(2)13-18)31(29,30)26-12-11-19(14-26)27-15-20(24-25-27)17-7-5-4-6-8-17/h4-10,13,15,19H,3,11-12,14H2,1-2H3,(H,23,28). The molecule has 1 aliphatic rings. The molecule has 1 aromatic heterocycles. The highest BCUT2D eigenvalue weighted by Crippen LogP contribution is 2.30.